The third-order valence-corrected chi connectivity index (χ3v) is 5.39. The predicted molar refractivity (Wildman–Crippen MR) is 129 cm³/mol. The van der Waals surface area contributed by atoms with E-state index in [0.717, 1.165) is 16.7 Å². The molecule has 0 aromatic heterocycles. The first-order chi connectivity index (χ1) is 15.4. The fourth-order valence-electron chi connectivity index (χ4n) is 2.85. The largest absolute Gasteiger partial charge is 0.493 e. The smallest absolute Gasteiger partial charge is 0.244 e. The van der Waals surface area contributed by atoms with Gasteiger partial charge in [-0.25, -0.2) is 5.43 Å². The van der Waals surface area contributed by atoms with Crippen LogP contribution in [0.3, 0.4) is 0 Å². The second-order valence-corrected chi connectivity index (χ2v) is 8.26. The van der Waals surface area contributed by atoms with Crippen LogP contribution in [0.15, 0.2) is 59.7 Å². The lowest BCUT2D eigenvalue weighted by Gasteiger charge is -2.14. The summed E-state index contributed by atoms with van der Waals surface area (Å²) >= 11 is 18.5. The maximum Gasteiger partial charge on any atom is 0.244 e. The fraction of sp³-hybridized carbons (Fsp3) is 0.167. The molecule has 3 rings (SSSR count). The maximum atomic E-state index is 12.1. The van der Waals surface area contributed by atoms with Crippen molar-refractivity contribution >= 4 is 46.9 Å². The van der Waals surface area contributed by atoms with Crippen LogP contribution in [0.4, 0.5) is 0 Å². The Morgan fingerprint density at radius 1 is 1.03 bits per heavy atom. The molecule has 0 saturated heterocycles. The first-order valence-corrected chi connectivity index (χ1v) is 10.8. The van der Waals surface area contributed by atoms with Gasteiger partial charge in [0.15, 0.2) is 11.5 Å². The normalized spacial score (nSPS) is 10.9. The minimum absolute atomic E-state index is 0.189. The van der Waals surface area contributed by atoms with E-state index < -0.39 is 0 Å². The number of amides is 1. The Labute approximate surface area is 201 Å². The summed E-state index contributed by atoms with van der Waals surface area (Å²) < 4.78 is 11.2. The number of aryl methyl sites for hydroxylation is 1. The minimum atomic E-state index is -0.219. The van der Waals surface area contributed by atoms with Crippen molar-refractivity contribution in [1.29, 1.82) is 0 Å². The molecule has 0 atom stereocenters. The van der Waals surface area contributed by atoms with E-state index in [1.54, 1.807) is 30.3 Å². The number of methoxy groups -OCH3 is 1. The Balaban J connectivity index is 1.64. The lowest BCUT2D eigenvalue weighted by atomic mass is 10.1. The van der Waals surface area contributed by atoms with E-state index in [0.29, 0.717) is 32.1 Å². The number of carbonyl (C=O) groups excluding carboxylic acids is 1. The number of halogens is 3. The molecular formula is C24H21Cl3N2O3. The summed E-state index contributed by atoms with van der Waals surface area (Å²) in [5.41, 5.74) is 5.96. The van der Waals surface area contributed by atoms with E-state index in [2.05, 4.69) is 10.5 Å². The van der Waals surface area contributed by atoms with Gasteiger partial charge in [-0.3, -0.25) is 4.79 Å². The zero-order chi connectivity index (χ0) is 23.1. The van der Waals surface area contributed by atoms with Gasteiger partial charge < -0.3 is 9.47 Å². The summed E-state index contributed by atoms with van der Waals surface area (Å²) in [7, 11) is 1.51. The second-order valence-electron chi connectivity index (χ2n) is 7.01. The van der Waals surface area contributed by atoms with E-state index >= 15 is 0 Å². The summed E-state index contributed by atoms with van der Waals surface area (Å²) in [5.74, 6) is 0.582. The minimum Gasteiger partial charge on any atom is -0.493 e. The van der Waals surface area contributed by atoms with Crippen LogP contribution >= 0.6 is 34.8 Å². The number of nitrogens with zero attached hydrogens (tertiary/aromatic N) is 1. The highest BCUT2D eigenvalue weighted by atomic mass is 35.5. The van der Waals surface area contributed by atoms with Crippen molar-refractivity contribution in [3.8, 4) is 11.5 Å². The zero-order valence-electron chi connectivity index (χ0n) is 17.5. The molecule has 0 unspecified atom stereocenters. The topological polar surface area (TPSA) is 59.9 Å². The van der Waals surface area contributed by atoms with Crippen LogP contribution in [0.25, 0.3) is 0 Å². The Morgan fingerprint density at radius 3 is 2.47 bits per heavy atom. The van der Waals surface area contributed by atoms with Crippen LogP contribution in [0.1, 0.15) is 22.3 Å². The van der Waals surface area contributed by atoms with Crippen molar-refractivity contribution in [2.45, 2.75) is 20.0 Å². The van der Waals surface area contributed by atoms with E-state index in [-0.39, 0.29) is 18.9 Å². The van der Waals surface area contributed by atoms with E-state index in [4.69, 9.17) is 44.3 Å². The number of hydrazone groups is 1. The molecule has 0 fully saturated rings. The number of carbonyl (C=O) groups is 1. The van der Waals surface area contributed by atoms with Crippen molar-refractivity contribution < 1.29 is 14.3 Å². The molecule has 166 valence electrons. The predicted octanol–water partition coefficient (Wildman–Crippen LogP) is 6.24. The zero-order valence-corrected chi connectivity index (χ0v) is 19.8. The van der Waals surface area contributed by atoms with Crippen molar-refractivity contribution in [3.63, 3.8) is 0 Å². The fourth-order valence-corrected chi connectivity index (χ4v) is 3.59. The Bertz CT molecular complexity index is 1130. The van der Waals surface area contributed by atoms with Gasteiger partial charge in [0, 0.05) is 15.6 Å². The molecule has 0 radical (unpaired) electrons. The van der Waals surface area contributed by atoms with Crippen molar-refractivity contribution in [2.24, 2.45) is 5.10 Å². The summed E-state index contributed by atoms with van der Waals surface area (Å²) in [6, 6.07) is 16.3. The van der Waals surface area contributed by atoms with Crippen LogP contribution in [0.2, 0.25) is 15.1 Å². The molecule has 32 heavy (non-hydrogen) atoms. The van der Waals surface area contributed by atoms with Gasteiger partial charge in [0.05, 0.1) is 24.8 Å². The van der Waals surface area contributed by atoms with E-state index in [9.17, 15) is 4.79 Å². The molecule has 0 aliphatic rings. The number of ether oxygens (including phenoxy) is 2. The Hall–Kier alpha value is -2.73. The summed E-state index contributed by atoms with van der Waals surface area (Å²) in [5, 5.41) is 5.38. The average Bonchev–Trinajstić information content (AvgIpc) is 2.75. The third-order valence-electron chi connectivity index (χ3n) is 4.53. The summed E-state index contributed by atoms with van der Waals surface area (Å²) in [4.78, 5) is 12.1. The first kappa shape index (κ1) is 23.9. The van der Waals surface area contributed by atoms with Gasteiger partial charge in [-0.2, -0.15) is 5.10 Å². The second kappa shape index (κ2) is 11.2. The van der Waals surface area contributed by atoms with E-state index in [1.165, 1.54) is 13.3 Å². The number of hydrogen-bond donors (Lipinski definition) is 1. The molecular weight excluding hydrogens is 471 g/mol. The van der Waals surface area contributed by atoms with Crippen molar-refractivity contribution in [1.82, 2.24) is 5.43 Å². The molecule has 0 saturated carbocycles. The van der Waals surface area contributed by atoms with Crippen molar-refractivity contribution in [2.75, 3.05) is 7.11 Å². The number of nitrogens with one attached hydrogen (secondary N) is 1. The van der Waals surface area contributed by atoms with Gasteiger partial charge in [-0.1, -0.05) is 70.7 Å². The van der Waals surface area contributed by atoms with Crippen molar-refractivity contribution in [3.05, 3.63) is 91.9 Å². The molecule has 0 aliphatic heterocycles. The molecule has 3 aromatic carbocycles. The lowest BCUT2D eigenvalue weighted by Crippen LogP contribution is -2.19. The molecule has 0 aliphatic carbocycles. The molecule has 8 heteroatoms. The van der Waals surface area contributed by atoms with Gasteiger partial charge >= 0.3 is 0 Å². The quantitative estimate of drug-likeness (QED) is 0.300. The van der Waals surface area contributed by atoms with Crippen LogP contribution < -0.4 is 14.9 Å². The molecule has 1 N–H and O–H groups in total. The lowest BCUT2D eigenvalue weighted by molar-refractivity contribution is -0.120. The first-order valence-electron chi connectivity index (χ1n) is 9.67. The molecule has 1 amide bonds. The summed E-state index contributed by atoms with van der Waals surface area (Å²) in [6.45, 7) is 2.19. The van der Waals surface area contributed by atoms with E-state index in [1.807, 2.05) is 31.2 Å². The van der Waals surface area contributed by atoms with Crippen LogP contribution in [0.5, 0.6) is 11.5 Å². The van der Waals surface area contributed by atoms with Crippen LogP contribution in [0, 0.1) is 6.92 Å². The Kier molecular flexibility index (Phi) is 8.39. The maximum absolute atomic E-state index is 12.1. The standard InChI is InChI=1S/C24H21Cl3N2O3/c1-15-3-5-16(6-4-15)11-23(30)29-28-13-17-9-21(27)24(22(10-17)31-2)32-14-18-7-8-19(25)12-20(18)26/h3-10,12-13H,11,14H2,1-2H3,(H,29,30)/b28-13+. The van der Waals surface area contributed by atoms with Crippen LogP contribution in [-0.4, -0.2) is 19.2 Å². The molecule has 5 nitrogen and oxygen atoms in total. The van der Waals surface area contributed by atoms with Gasteiger partial charge in [0.2, 0.25) is 5.91 Å². The number of benzene rings is 3. The Morgan fingerprint density at radius 2 is 1.78 bits per heavy atom. The van der Waals surface area contributed by atoms with Gasteiger partial charge in [0.1, 0.15) is 6.61 Å². The molecule has 0 spiro atoms. The molecule has 0 bridgehead atoms. The van der Waals surface area contributed by atoms with Gasteiger partial charge in [-0.05, 0) is 42.3 Å². The highest BCUT2D eigenvalue weighted by molar-refractivity contribution is 6.35. The SMILES string of the molecule is COc1cc(/C=N/NC(=O)Cc2ccc(C)cc2)cc(Cl)c1OCc1ccc(Cl)cc1Cl. The molecule has 3 aromatic rings. The highest BCUT2D eigenvalue weighted by Crippen LogP contribution is 2.37. The van der Waals surface area contributed by atoms with Gasteiger partial charge in [0.25, 0.3) is 0 Å². The number of rotatable bonds is 8. The molecule has 0 heterocycles. The highest BCUT2D eigenvalue weighted by Gasteiger charge is 2.13. The average molecular weight is 492 g/mol. The van der Waals surface area contributed by atoms with Gasteiger partial charge in [-0.15, -0.1) is 0 Å². The third kappa shape index (κ3) is 6.63. The summed E-state index contributed by atoms with van der Waals surface area (Å²) in [6.07, 6.45) is 1.73. The number of hydrogen-bond acceptors (Lipinski definition) is 4. The monoisotopic (exact) mass is 490 g/mol. The van der Waals surface area contributed by atoms with Crippen LogP contribution in [-0.2, 0) is 17.8 Å².